The Morgan fingerprint density at radius 1 is 1.00 bits per heavy atom. The summed E-state index contributed by atoms with van der Waals surface area (Å²) in [5, 5.41) is 3.33. The van der Waals surface area contributed by atoms with E-state index >= 15 is 0 Å². The number of carbonyl (C=O) groups excluding carboxylic acids is 1. The van der Waals surface area contributed by atoms with Crippen LogP contribution in [-0.2, 0) is 21.4 Å². The Morgan fingerprint density at radius 3 is 2.27 bits per heavy atom. The molecule has 0 amide bonds. The normalized spacial score (nSPS) is 17.4. The molecule has 3 rings (SSSR count). The van der Waals surface area contributed by atoms with Crippen LogP contribution in [0, 0.1) is 0 Å². The van der Waals surface area contributed by atoms with E-state index in [0.717, 1.165) is 44.2 Å². The fourth-order valence-electron chi connectivity index (χ4n) is 3.90. The largest absolute Gasteiger partial charge is 0.446 e. The van der Waals surface area contributed by atoms with Crippen LogP contribution in [-0.4, -0.2) is 18.7 Å². The van der Waals surface area contributed by atoms with Gasteiger partial charge in [-0.05, 0) is 37.3 Å². The predicted molar refractivity (Wildman–Crippen MR) is 105 cm³/mol. The minimum Gasteiger partial charge on any atom is -0.446 e. The van der Waals surface area contributed by atoms with Crippen LogP contribution in [0.25, 0.3) is 0 Å². The van der Waals surface area contributed by atoms with E-state index in [4.69, 9.17) is 4.74 Å². The van der Waals surface area contributed by atoms with Crippen molar-refractivity contribution in [3.05, 3.63) is 71.8 Å². The highest BCUT2D eigenvalue weighted by molar-refractivity contribution is 5.83. The minimum atomic E-state index is -0.477. The second-order valence-corrected chi connectivity index (χ2v) is 7.25. The topological polar surface area (TPSA) is 38.3 Å². The third-order valence-electron chi connectivity index (χ3n) is 5.40. The smallest absolute Gasteiger partial charge is 0.318 e. The predicted octanol–water partition coefficient (Wildman–Crippen LogP) is 4.61. The first-order valence-electron chi connectivity index (χ1n) is 9.75. The lowest BCUT2D eigenvalue weighted by Gasteiger charge is -2.36. The molecule has 138 valence electrons. The van der Waals surface area contributed by atoms with E-state index in [1.54, 1.807) is 0 Å². The lowest BCUT2D eigenvalue weighted by atomic mass is 9.69. The summed E-state index contributed by atoms with van der Waals surface area (Å²) < 4.78 is 5.84. The average Bonchev–Trinajstić information content (AvgIpc) is 2.70. The number of hydrogen-bond donors (Lipinski definition) is 1. The maximum atomic E-state index is 13.1. The van der Waals surface area contributed by atoms with Crippen molar-refractivity contribution in [1.82, 2.24) is 5.32 Å². The van der Waals surface area contributed by atoms with Crippen LogP contribution < -0.4 is 5.32 Å². The van der Waals surface area contributed by atoms with Gasteiger partial charge < -0.3 is 4.74 Å². The van der Waals surface area contributed by atoms with Crippen LogP contribution in [0.2, 0.25) is 0 Å². The van der Waals surface area contributed by atoms with E-state index in [0.29, 0.717) is 0 Å². The van der Waals surface area contributed by atoms with Crippen molar-refractivity contribution in [3.8, 4) is 0 Å². The molecule has 0 spiro atoms. The molecule has 3 nitrogen and oxygen atoms in total. The van der Waals surface area contributed by atoms with Gasteiger partial charge in [0.2, 0.25) is 0 Å². The van der Waals surface area contributed by atoms with Crippen LogP contribution in [0.15, 0.2) is 60.7 Å². The van der Waals surface area contributed by atoms with Crippen LogP contribution in [0.5, 0.6) is 0 Å². The van der Waals surface area contributed by atoms with E-state index in [9.17, 15) is 4.79 Å². The molecule has 1 saturated carbocycles. The van der Waals surface area contributed by atoms with Gasteiger partial charge >= 0.3 is 5.97 Å². The standard InChI is InChI=1S/C23H29NO2/c1-19(24-18-15-20-11-5-2-6-12-20)26-22(25)23(16-9-4-10-17-23)21-13-7-3-8-14-21/h2-3,5-8,11-14,19,24H,4,9-10,15-18H2,1H3. The first-order valence-corrected chi connectivity index (χ1v) is 9.75. The van der Waals surface area contributed by atoms with Crippen molar-refractivity contribution in [2.45, 2.75) is 57.1 Å². The molecular formula is C23H29NO2. The average molecular weight is 351 g/mol. The van der Waals surface area contributed by atoms with Gasteiger partial charge in [-0.1, -0.05) is 79.9 Å². The molecule has 1 N–H and O–H groups in total. The number of rotatable bonds is 7. The Bertz CT molecular complexity index is 678. The Balaban J connectivity index is 1.59. The van der Waals surface area contributed by atoms with Gasteiger partial charge in [-0.25, -0.2) is 0 Å². The van der Waals surface area contributed by atoms with E-state index in [1.807, 2.05) is 43.3 Å². The number of ether oxygens (including phenoxy) is 1. The molecule has 2 aromatic rings. The minimum absolute atomic E-state index is 0.0805. The van der Waals surface area contributed by atoms with Gasteiger partial charge in [0.15, 0.2) is 6.23 Å². The molecule has 0 radical (unpaired) electrons. The highest BCUT2D eigenvalue weighted by Gasteiger charge is 2.43. The molecule has 0 aromatic heterocycles. The second kappa shape index (κ2) is 9.00. The number of nitrogens with one attached hydrogen (secondary N) is 1. The molecule has 1 aliphatic carbocycles. The third kappa shape index (κ3) is 4.53. The SMILES string of the molecule is CC(NCCc1ccccc1)OC(=O)C1(c2ccccc2)CCCCC1. The monoisotopic (exact) mass is 351 g/mol. The zero-order chi connectivity index (χ0) is 18.2. The number of hydrogen-bond acceptors (Lipinski definition) is 3. The van der Waals surface area contributed by atoms with Gasteiger partial charge in [-0.15, -0.1) is 0 Å². The van der Waals surface area contributed by atoms with Crippen molar-refractivity contribution in [1.29, 1.82) is 0 Å². The molecule has 3 heteroatoms. The van der Waals surface area contributed by atoms with Gasteiger partial charge in [-0.2, -0.15) is 0 Å². The molecule has 1 unspecified atom stereocenters. The highest BCUT2D eigenvalue weighted by Crippen LogP contribution is 2.40. The van der Waals surface area contributed by atoms with Crippen LogP contribution in [0.1, 0.15) is 50.2 Å². The molecule has 2 aromatic carbocycles. The van der Waals surface area contributed by atoms with Crippen molar-refractivity contribution < 1.29 is 9.53 Å². The molecule has 0 saturated heterocycles. The molecule has 0 heterocycles. The fraction of sp³-hybridized carbons (Fsp3) is 0.435. The third-order valence-corrected chi connectivity index (χ3v) is 5.40. The first kappa shape index (κ1) is 18.7. The summed E-state index contributed by atoms with van der Waals surface area (Å²) in [5.74, 6) is -0.0805. The van der Waals surface area contributed by atoms with Gasteiger partial charge in [0, 0.05) is 6.54 Å². The summed E-state index contributed by atoms with van der Waals surface area (Å²) in [4.78, 5) is 13.1. The van der Waals surface area contributed by atoms with Crippen LogP contribution in [0.3, 0.4) is 0 Å². The summed E-state index contributed by atoms with van der Waals surface area (Å²) in [5.41, 5.74) is 1.90. The molecule has 0 bridgehead atoms. The van der Waals surface area contributed by atoms with Crippen molar-refractivity contribution in [2.24, 2.45) is 0 Å². The van der Waals surface area contributed by atoms with Gasteiger partial charge in [0.05, 0.1) is 5.41 Å². The lowest BCUT2D eigenvalue weighted by molar-refractivity contribution is -0.158. The Labute approximate surface area is 156 Å². The van der Waals surface area contributed by atoms with Gasteiger partial charge in [-0.3, -0.25) is 10.1 Å². The zero-order valence-corrected chi connectivity index (χ0v) is 15.6. The summed E-state index contributed by atoms with van der Waals surface area (Å²) in [7, 11) is 0. The van der Waals surface area contributed by atoms with E-state index < -0.39 is 5.41 Å². The van der Waals surface area contributed by atoms with Crippen molar-refractivity contribution >= 4 is 5.97 Å². The van der Waals surface area contributed by atoms with E-state index in [1.165, 1.54) is 12.0 Å². The summed E-state index contributed by atoms with van der Waals surface area (Å²) in [6, 6.07) is 20.5. The van der Waals surface area contributed by atoms with Crippen molar-refractivity contribution in [2.75, 3.05) is 6.54 Å². The Kier molecular flexibility index (Phi) is 6.45. The second-order valence-electron chi connectivity index (χ2n) is 7.25. The molecular weight excluding hydrogens is 322 g/mol. The van der Waals surface area contributed by atoms with Crippen molar-refractivity contribution in [3.63, 3.8) is 0 Å². The number of benzene rings is 2. The number of carbonyl (C=O) groups is 1. The maximum Gasteiger partial charge on any atom is 0.318 e. The summed E-state index contributed by atoms with van der Waals surface area (Å²) in [6.07, 6.45) is 5.77. The molecule has 26 heavy (non-hydrogen) atoms. The molecule has 0 aliphatic heterocycles. The fourth-order valence-corrected chi connectivity index (χ4v) is 3.90. The van der Waals surface area contributed by atoms with Crippen LogP contribution >= 0.6 is 0 Å². The molecule has 1 aliphatic rings. The highest BCUT2D eigenvalue weighted by atomic mass is 16.6. The zero-order valence-electron chi connectivity index (χ0n) is 15.6. The Morgan fingerprint density at radius 2 is 1.62 bits per heavy atom. The van der Waals surface area contributed by atoms with E-state index in [2.05, 4.69) is 29.6 Å². The molecule has 1 atom stereocenters. The maximum absolute atomic E-state index is 13.1. The van der Waals surface area contributed by atoms with Crippen LogP contribution in [0.4, 0.5) is 0 Å². The van der Waals surface area contributed by atoms with Gasteiger partial charge in [0.1, 0.15) is 0 Å². The van der Waals surface area contributed by atoms with Gasteiger partial charge in [0.25, 0.3) is 0 Å². The summed E-state index contributed by atoms with van der Waals surface area (Å²) in [6.45, 7) is 2.71. The quantitative estimate of drug-likeness (QED) is 0.585. The molecule has 1 fully saturated rings. The lowest BCUT2D eigenvalue weighted by Crippen LogP contribution is -2.43. The summed E-state index contributed by atoms with van der Waals surface area (Å²) >= 11 is 0. The first-order chi connectivity index (χ1) is 12.7. The van der Waals surface area contributed by atoms with E-state index in [-0.39, 0.29) is 12.2 Å². The Hall–Kier alpha value is -2.13. The number of esters is 1.